The molecule has 6 nitrogen and oxygen atoms in total. The Bertz CT molecular complexity index is 730. The van der Waals surface area contributed by atoms with Crippen LogP contribution in [0.5, 0.6) is 0 Å². The minimum absolute atomic E-state index is 0.0164. The van der Waals surface area contributed by atoms with Crippen molar-refractivity contribution in [2.75, 3.05) is 6.61 Å². The fraction of sp³-hybridized carbons (Fsp3) is 0.0667. The smallest absolute Gasteiger partial charge is 0.340 e. The number of benzene rings is 2. The average molecular weight is 320 g/mol. The van der Waals surface area contributed by atoms with Gasteiger partial charge in [-0.3, -0.25) is 14.9 Å². The van der Waals surface area contributed by atoms with Crippen LogP contribution < -0.4 is 0 Å². The van der Waals surface area contributed by atoms with Gasteiger partial charge in [-0.15, -0.1) is 0 Å². The van der Waals surface area contributed by atoms with Crippen molar-refractivity contribution in [2.24, 2.45) is 0 Å². The second-order valence-electron chi connectivity index (χ2n) is 4.29. The standard InChI is InChI=1S/C15H10ClNO5/c16-13-7-6-11(17(20)21)8-12(13)15(19)22-9-14(18)10-4-2-1-3-5-10/h1-8H,9H2. The lowest BCUT2D eigenvalue weighted by molar-refractivity contribution is -0.384. The molecule has 112 valence electrons. The number of ketones is 1. The summed E-state index contributed by atoms with van der Waals surface area (Å²) in [6.07, 6.45) is 0. The molecule has 0 saturated carbocycles. The highest BCUT2D eigenvalue weighted by Crippen LogP contribution is 2.22. The molecular formula is C15H10ClNO5. The number of esters is 1. The number of non-ortho nitro benzene ring substituents is 1. The van der Waals surface area contributed by atoms with Gasteiger partial charge in [0.05, 0.1) is 15.5 Å². The highest BCUT2D eigenvalue weighted by Gasteiger charge is 2.18. The molecule has 0 aliphatic heterocycles. The molecule has 0 spiro atoms. The fourth-order valence-electron chi connectivity index (χ4n) is 1.70. The van der Waals surface area contributed by atoms with E-state index in [0.29, 0.717) is 5.56 Å². The van der Waals surface area contributed by atoms with E-state index >= 15 is 0 Å². The van der Waals surface area contributed by atoms with Crippen molar-refractivity contribution in [3.8, 4) is 0 Å². The van der Waals surface area contributed by atoms with Crippen LogP contribution in [0.2, 0.25) is 5.02 Å². The van der Waals surface area contributed by atoms with Crippen molar-refractivity contribution in [1.82, 2.24) is 0 Å². The summed E-state index contributed by atoms with van der Waals surface area (Å²) < 4.78 is 4.86. The van der Waals surface area contributed by atoms with Gasteiger partial charge in [0.25, 0.3) is 5.69 Å². The summed E-state index contributed by atoms with van der Waals surface area (Å²) in [5.41, 5.74) is -0.0390. The Morgan fingerprint density at radius 2 is 1.82 bits per heavy atom. The monoisotopic (exact) mass is 319 g/mol. The molecule has 2 rings (SSSR count). The van der Waals surface area contributed by atoms with Crippen molar-refractivity contribution in [1.29, 1.82) is 0 Å². The largest absolute Gasteiger partial charge is 0.454 e. The molecular weight excluding hydrogens is 310 g/mol. The van der Waals surface area contributed by atoms with Crippen LogP contribution in [0.15, 0.2) is 48.5 Å². The van der Waals surface area contributed by atoms with Gasteiger partial charge in [0.15, 0.2) is 12.4 Å². The van der Waals surface area contributed by atoms with Gasteiger partial charge in [0.2, 0.25) is 0 Å². The molecule has 0 aromatic heterocycles. The molecule has 0 N–H and O–H groups in total. The van der Waals surface area contributed by atoms with Gasteiger partial charge in [-0.25, -0.2) is 4.79 Å². The molecule has 0 aliphatic carbocycles. The maximum Gasteiger partial charge on any atom is 0.340 e. The van der Waals surface area contributed by atoms with Crippen LogP contribution >= 0.6 is 11.6 Å². The van der Waals surface area contributed by atoms with Crippen LogP contribution in [0.3, 0.4) is 0 Å². The molecule has 2 aromatic rings. The first-order valence-electron chi connectivity index (χ1n) is 6.18. The van der Waals surface area contributed by atoms with E-state index in [9.17, 15) is 19.7 Å². The summed E-state index contributed by atoms with van der Waals surface area (Å²) in [5.74, 6) is -1.27. The van der Waals surface area contributed by atoms with Gasteiger partial charge in [-0.2, -0.15) is 0 Å². The second-order valence-corrected chi connectivity index (χ2v) is 4.69. The zero-order valence-electron chi connectivity index (χ0n) is 11.2. The molecule has 0 saturated heterocycles. The summed E-state index contributed by atoms with van der Waals surface area (Å²) in [6.45, 7) is -0.470. The number of nitro benzene ring substituents is 1. The van der Waals surface area contributed by atoms with Crippen LogP contribution in [0.1, 0.15) is 20.7 Å². The summed E-state index contributed by atoms with van der Waals surface area (Å²) >= 11 is 5.82. The topological polar surface area (TPSA) is 86.5 Å². The van der Waals surface area contributed by atoms with E-state index in [1.807, 2.05) is 0 Å². The van der Waals surface area contributed by atoms with Crippen LogP contribution in [0.25, 0.3) is 0 Å². The molecule has 0 radical (unpaired) electrons. The normalized spacial score (nSPS) is 10.0. The summed E-state index contributed by atoms with van der Waals surface area (Å²) in [5, 5.41) is 10.7. The number of nitrogens with zero attached hydrogens (tertiary/aromatic N) is 1. The van der Waals surface area contributed by atoms with Crippen molar-refractivity contribution >= 4 is 29.0 Å². The predicted octanol–water partition coefficient (Wildman–Crippen LogP) is 3.29. The maximum atomic E-state index is 11.9. The van der Waals surface area contributed by atoms with E-state index in [4.69, 9.17) is 16.3 Å². The van der Waals surface area contributed by atoms with E-state index in [1.165, 1.54) is 12.1 Å². The van der Waals surface area contributed by atoms with E-state index in [0.717, 1.165) is 6.07 Å². The fourth-order valence-corrected chi connectivity index (χ4v) is 1.89. The number of hydrogen-bond donors (Lipinski definition) is 0. The second kappa shape index (κ2) is 6.82. The Labute approximate surface area is 130 Å². The van der Waals surface area contributed by atoms with Crippen LogP contribution in [0.4, 0.5) is 5.69 Å². The lowest BCUT2D eigenvalue weighted by atomic mass is 10.1. The SMILES string of the molecule is O=C(COC(=O)c1cc([N+](=O)[O-])ccc1Cl)c1ccccc1. The van der Waals surface area contributed by atoms with Gasteiger partial charge in [-0.1, -0.05) is 41.9 Å². The first-order valence-corrected chi connectivity index (χ1v) is 6.56. The number of carbonyl (C=O) groups excluding carboxylic acids is 2. The van der Waals surface area contributed by atoms with Gasteiger partial charge in [-0.05, 0) is 6.07 Å². The van der Waals surface area contributed by atoms with Crippen molar-refractivity contribution in [2.45, 2.75) is 0 Å². The number of rotatable bonds is 5. The molecule has 2 aromatic carbocycles. The van der Waals surface area contributed by atoms with Gasteiger partial charge in [0.1, 0.15) is 0 Å². The summed E-state index contributed by atoms with van der Waals surface area (Å²) in [7, 11) is 0. The van der Waals surface area contributed by atoms with Crippen LogP contribution in [-0.4, -0.2) is 23.3 Å². The van der Waals surface area contributed by atoms with Crippen LogP contribution in [-0.2, 0) is 4.74 Å². The molecule has 0 amide bonds. The Balaban J connectivity index is 2.08. The van der Waals surface area contributed by atoms with Crippen LogP contribution in [0, 0.1) is 10.1 Å². The zero-order valence-corrected chi connectivity index (χ0v) is 11.9. The zero-order chi connectivity index (χ0) is 16.1. The highest BCUT2D eigenvalue weighted by atomic mass is 35.5. The Morgan fingerprint density at radius 3 is 2.45 bits per heavy atom. The number of Topliss-reactive ketones (excluding diaryl/α,β-unsaturated/α-hetero) is 1. The van der Waals surface area contributed by atoms with E-state index in [-0.39, 0.29) is 22.1 Å². The van der Waals surface area contributed by atoms with Crippen molar-refractivity contribution in [3.05, 3.63) is 74.8 Å². The van der Waals surface area contributed by atoms with E-state index < -0.39 is 17.5 Å². The predicted molar refractivity (Wildman–Crippen MR) is 79.2 cm³/mol. The summed E-state index contributed by atoms with van der Waals surface area (Å²) in [4.78, 5) is 33.8. The maximum absolute atomic E-state index is 11.9. The molecule has 0 bridgehead atoms. The first kappa shape index (κ1) is 15.7. The third-order valence-corrected chi connectivity index (χ3v) is 3.14. The lowest BCUT2D eigenvalue weighted by Gasteiger charge is -2.06. The van der Waals surface area contributed by atoms with Crippen molar-refractivity contribution < 1.29 is 19.2 Å². The average Bonchev–Trinajstić information content (AvgIpc) is 2.53. The number of carbonyl (C=O) groups is 2. The quantitative estimate of drug-likeness (QED) is 0.365. The lowest BCUT2D eigenvalue weighted by Crippen LogP contribution is -2.14. The number of halogens is 1. The molecule has 0 heterocycles. The Hall–Kier alpha value is -2.73. The minimum Gasteiger partial charge on any atom is -0.454 e. The molecule has 0 fully saturated rings. The number of nitro groups is 1. The highest BCUT2D eigenvalue weighted by molar-refractivity contribution is 6.33. The Kier molecular flexibility index (Phi) is 4.85. The molecule has 22 heavy (non-hydrogen) atoms. The van der Waals surface area contributed by atoms with Gasteiger partial charge in [0, 0.05) is 17.7 Å². The molecule has 7 heteroatoms. The first-order chi connectivity index (χ1) is 10.5. The third-order valence-electron chi connectivity index (χ3n) is 2.81. The third kappa shape index (κ3) is 3.67. The Morgan fingerprint density at radius 1 is 1.14 bits per heavy atom. The minimum atomic E-state index is -0.891. The molecule has 0 atom stereocenters. The molecule has 0 unspecified atom stereocenters. The number of hydrogen-bond acceptors (Lipinski definition) is 5. The van der Waals surface area contributed by atoms with E-state index in [2.05, 4.69) is 0 Å². The van der Waals surface area contributed by atoms with Crippen molar-refractivity contribution in [3.63, 3.8) is 0 Å². The van der Waals surface area contributed by atoms with E-state index in [1.54, 1.807) is 30.3 Å². The van der Waals surface area contributed by atoms with Gasteiger partial charge < -0.3 is 4.74 Å². The summed E-state index contributed by atoms with van der Waals surface area (Å²) in [6, 6.07) is 11.7. The van der Waals surface area contributed by atoms with Gasteiger partial charge >= 0.3 is 5.97 Å². The number of ether oxygens (including phenoxy) is 1. The molecule has 0 aliphatic rings.